The molecule has 0 aliphatic heterocycles. The zero-order valence-electron chi connectivity index (χ0n) is 8.39. The second-order valence-corrected chi connectivity index (χ2v) is 5.45. The molecule has 16 heavy (non-hydrogen) atoms. The molecule has 84 valence electrons. The number of aromatic nitrogens is 1. The molecule has 2 heterocycles. The molecule has 0 unspecified atom stereocenters. The van der Waals surface area contributed by atoms with Gasteiger partial charge in [-0.05, 0) is 57.5 Å². The topological polar surface area (TPSA) is 42.2 Å². The van der Waals surface area contributed by atoms with Crippen molar-refractivity contribution in [1.29, 1.82) is 0 Å². The van der Waals surface area contributed by atoms with E-state index in [2.05, 4.69) is 34.0 Å². The van der Waals surface area contributed by atoms with Crippen molar-refractivity contribution >= 4 is 39.9 Å². The predicted molar refractivity (Wildman–Crippen MR) is 72.1 cm³/mol. The minimum atomic E-state index is -0.867. The minimum Gasteiger partial charge on any atom is -0.477 e. The maximum Gasteiger partial charge on any atom is 0.352 e. The highest BCUT2D eigenvalue weighted by Crippen LogP contribution is 2.13. The van der Waals surface area contributed by atoms with Gasteiger partial charge in [0.05, 0.1) is 0 Å². The number of carbonyl (C=O) groups is 1. The molecule has 2 aromatic rings. The average Bonchev–Trinajstić information content (AvgIpc) is 2.83. The summed E-state index contributed by atoms with van der Waals surface area (Å²) in [5.74, 6) is -0.867. The zero-order valence-corrected chi connectivity index (χ0v) is 11.4. The van der Waals surface area contributed by atoms with E-state index in [1.165, 1.54) is 5.56 Å². The number of hydrogen-bond donors (Lipinski definition) is 1. The fraction of sp³-hybridized carbons (Fsp3) is 0.182. The summed E-state index contributed by atoms with van der Waals surface area (Å²) in [5, 5.41) is 13.1. The monoisotopic (exact) mass is 347 g/mol. The van der Waals surface area contributed by atoms with Crippen molar-refractivity contribution in [3.05, 3.63) is 43.9 Å². The Balaban J connectivity index is 2.12. The van der Waals surface area contributed by atoms with Crippen molar-refractivity contribution in [3.63, 3.8) is 0 Å². The number of nitrogens with zero attached hydrogens (tertiary/aromatic N) is 1. The first-order valence-corrected chi connectivity index (χ1v) is 6.79. The number of carboxylic acids is 1. The molecule has 0 amide bonds. The van der Waals surface area contributed by atoms with Gasteiger partial charge in [-0.2, -0.15) is 11.3 Å². The zero-order chi connectivity index (χ0) is 11.5. The summed E-state index contributed by atoms with van der Waals surface area (Å²) in [6.07, 6.45) is 2.74. The van der Waals surface area contributed by atoms with Crippen LogP contribution < -0.4 is 0 Å². The highest BCUT2D eigenvalue weighted by molar-refractivity contribution is 14.1. The van der Waals surface area contributed by atoms with E-state index < -0.39 is 5.97 Å². The van der Waals surface area contributed by atoms with Crippen LogP contribution in [0, 0.1) is 3.57 Å². The van der Waals surface area contributed by atoms with Gasteiger partial charge in [0.2, 0.25) is 0 Å². The van der Waals surface area contributed by atoms with Crippen LogP contribution >= 0.6 is 33.9 Å². The van der Waals surface area contributed by atoms with E-state index in [0.29, 0.717) is 12.2 Å². The summed E-state index contributed by atoms with van der Waals surface area (Å²) in [5.41, 5.74) is 1.62. The molecule has 5 heteroatoms. The molecular weight excluding hydrogens is 337 g/mol. The van der Waals surface area contributed by atoms with Crippen LogP contribution in [0.15, 0.2) is 29.1 Å². The summed E-state index contributed by atoms with van der Waals surface area (Å²) in [4.78, 5) is 11.0. The third-order valence-corrected chi connectivity index (χ3v) is 3.63. The van der Waals surface area contributed by atoms with Crippen LogP contribution in [-0.4, -0.2) is 15.6 Å². The number of carboxylic acid groups (broad SMARTS) is 1. The van der Waals surface area contributed by atoms with Gasteiger partial charge in [-0.3, -0.25) is 0 Å². The van der Waals surface area contributed by atoms with E-state index in [1.807, 2.05) is 11.6 Å². The molecule has 1 N–H and O–H groups in total. The molecular formula is C11H10INO2S. The van der Waals surface area contributed by atoms with Crippen molar-refractivity contribution in [1.82, 2.24) is 4.57 Å². The van der Waals surface area contributed by atoms with Crippen LogP contribution in [0.1, 0.15) is 16.1 Å². The molecule has 0 bridgehead atoms. The standard InChI is InChI=1S/C11H10INO2S/c12-9-5-10(11(14)15)13(6-9)3-1-8-2-4-16-7-8/h2,4-7H,1,3H2,(H,14,15). The largest absolute Gasteiger partial charge is 0.477 e. The van der Waals surface area contributed by atoms with Crippen LogP contribution in [0.5, 0.6) is 0 Å². The Hall–Kier alpha value is -0.820. The molecule has 0 aromatic carbocycles. The SMILES string of the molecule is O=C(O)c1cc(I)cn1CCc1ccsc1. The number of hydrogen-bond acceptors (Lipinski definition) is 2. The highest BCUT2D eigenvalue weighted by atomic mass is 127. The lowest BCUT2D eigenvalue weighted by Gasteiger charge is -2.04. The first-order chi connectivity index (χ1) is 7.66. The van der Waals surface area contributed by atoms with Crippen LogP contribution in [0.2, 0.25) is 0 Å². The number of rotatable bonds is 4. The molecule has 3 nitrogen and oxygen atoms in total. The molecule has 0 radical (unpaired) electrons. The number of halogens is 1. The van der Waals surface area contributed by atoms with E-state index in [0.717, 1.165) is 9.99 Å². The van der Waals surface area contributed by atoms with Gasteiger partial charge in [0.15, 0.2) is 0 Å². The average molecular weight is 347 g/mol. The van der Waals surface area contributed by atoms with E-state index in [9.17, 15) is 4.79 Å². The molecule has 2 rings (SSSR count). The molecule has 0 saturated carbocycles. The molecule has 0 aliphatic rings. The second-order valence-electron chi connectivity index (χ2n) is 3.42. The molecule has 0 spiro atoms. The van der Waals surface area contributed by atoms with E-state index in [4.69, 9.17) is 5.11 Å². The lowest BCUT2D eigenvalue weighted by atomic mass is 10.2. The van der Waals surface area contributed by atoms with E-state index in [-0.39, 0.29) is 0 Å². The van der Waals surface area contributed by atoms with Crippen LogP contribution in [-0.2, 0) is 13.0 Å². The van der Waals surface area contributed by atoms with Gasteiger partial charge >= 0.3 is 5.97 Å². The van der Waals surface area contributed by atoms with Gasteiger partial charge in [-0.25, -0.2) is 4.79 Å². The van der Waals surface area contributed by atoms with Gasteiger partial charge in [-0.1, -0.05) is 0 Å². The second kappa shape index (κ2) is 5.01. The normalized spacial score (nSPS) is 10.6. The minimum absolute atomic E-state index is 0.361. The summed E-state index contributed by atoms with van der Waals surface area (Å²) >= 11 is 3.79. The molecule has 0 saturated heterocycles. The Bertz CT molecular complexity index is 490. The quantitative estimate of drug-likeness (QED) is 0.864. The lowest BCUT2D eigenvalue weighted by Crippen LogP contribution is -2.08. The van der Waals surface area contributed by atoms with Crippen LogP contribution in [0.4, 0.5) is 0 Å². The third kappa shape index (κ3) is 2.65. The van der Waals surface area contributed by atoms with Gasteiger partial charge < -0.3 is 9.67 Å². The van der Waals surface area contributed by atoms with Crippen molar-refractivity contribution < 1.29 is 9.90 Å². The Kier molecular flexibility index (Phi) is 3.65. The molecule has 0 atom stereocenters. The van der Waals surface area contributed by atoms with Crippen molar-refractivity contribution in [2.45, 2.75) is 13.0 Å². The van der Waals surface area contributed by atoms with Gasteiger partial charge in [0.1, 0.15) is 5.69 Å². The maximum atomic E-state index is 11.0. The lowest BCUT2D eigenvalue weighted by molar-refractivity contribution is 0.0685. The van der Waals surface area contributed by atoms with E-state index in [1.54, 1.807) is 22.0 Å². The van der Waals surface area contributed by atoms with Crippen molar-refractivity contribution in [3.8, 4) is 0 Å². The summed E-state index contributed by atoms with van der Waals surface area (Å²) in [6.45, 7) is 0.710. The van der Waals surface area contributed by atoms with Gasteiger partial charge in [0, 0.05) is 16.3 Å². The van der Waals surface area contributed by atoms with Crippen LogP contribution in [0.25, 0.3) is 0 Å². The van der Waals surface area contributed by atoms with Crippen molar-refractivity contribution in [2.24, 2.45) is 0 Å². The third-order valence-electron chi connectivity index (χ3n) is 2.30. The molecule has 0 aliphatic carbocycles. The van der Waals surface area contributed by atoms with Crippen molar-refractivity contribution in [2.75, 3.05) is 0 Å². The fourth-order valence-corrected chi connectivity index (χ4v) is 2.86. The number of thiophene rings is 1. The Labute approximate surface area is 111 Å². The highest BCUT2D eigenvalue weighted by Gasteiger charge is 2.11. The Morgan fingerprint density at radius 1 is 1.56 bits per heavy atom. The summed E-state index contributed by atoms with van der Waals surface area (Å²) < 4.78 is 2.75. The first-order valence-electron chi connectivity index (χ1n) is 4.77. The smallest absolute Gasteiger partial charge is 0.352 e. The first kappa shape index (κ1) is 11.7. The maximum absolute atomic E-state index is 11.0. The summed E-state index contributed by atoms with van der Waals surface area (Å²) in [7, 11) is 0. The Morgan fingerprint density at radius 3 is 3.00 bits per heavy atom. The number of aryl methyl sites for hydroxylation is 2. The number of aromatic carboxylic acids is 1. The molecule has 2 aromatic heterocycles. The fourth-order valence-electron chi connectivity index (χ4n) is 1.52. The van der Waals surface area contributed by atoms with Crippen LogP contribution in [0.3, 0.4) is 0 Å². The van der Waals surface area contributed by atoms with Gasteiger partial charge in [0.25, 0.3) is 0 Å². The van der Waals surface area contributed by atoms with Gasteiger partial charge in [-0.15, -0.1) is 0 Å². The summed E-state index contributed by atoms with van der Waals surface area (Å²) in [6, 6.07) is 3.76. The predicted octanol–water partition coefficient (Wildman–Crippen LogP) is 3.10. The molecule has 0 fully saturated rings. The van der Waals surface area contributed by atoms with E-state index >= 15 is 0 Å². The Morgan fingerprint density at radius 2 is 2.38 bits per heavy atom.